The number of allylic oxidation sites excluding steroid dienone is 2. The molecule has 0 aromatic heterocycles. The molecule has 1 aromatic carbocycles. The highest BCUT2D eigenvalue weighted by molar-refractivity contribution is 5.70. The molecular formula is C18H21NO2. The highest BCUT2D eigenvalue weighted by Gasteiger charge is 2.34. The molecule has 1 aromatic rings. The van der Waals surface area contributed by atoms with Gasteiger partial charge >= 0.3 is 5.97 Å². The van der Waals surface area contributed by atoms with E-state index < -0.39 is 5.41 Å². The number of hydrogen-bond acceptors (Lipinski definition) is 3. The lowest BCUT2D eigenvalue weighted by atomic mass is 9.72. The second-order valence-electron chi connectivity index (χ2n) is 5.51. The highest BCUT2D eigenvalue weighted by Crippen LogP contribution is 2.38. The minimum atomic E-state index is -0.486. The van der Waals surface area contributed by atoms with Crippen molar-refractivity contribution >= 4 is 5.97 Å². The predicted molar refractivity (Wildman–Crippen MR) is 81.3 cm³/mol. The Kier molecular flexibility index (Phi) is 5.16. The number of carbonyl (C=O) groups is 1. The Morgan fingerprint density at radius 1 is 1.38 bits per heavy atom. The van der Waals surface area contributed by atoms with Crippen LogP contribution in [0, 0.1) is 11.3 Å². The first-order chi connectivity index (χ1) is 10.2. The summed E-state index contributed by atoms with van der Waals surface area (Å²) in [6.45, 7) is 2.05. The van der Waals surface area contributed by atoms with Gasteiger partial charge in [0, 0.05) is 12.8 Å². The highest BCUT2D eigenvalue weighted by atomic mass is 16.5. The van der Waals surface area contributed by atoms with E-state index in [-0.39, 0.29) is 5.97 Å². The fraction of sp³-hybridized carbons (Fsp3) is 0.444. The van der Waals surface area contributed by atoms with Gasteiger partial charge < -0.3 is 4.74 Å². The fourth-order valence-electron chi connectivity index (χ4n) is 2.63. The predicted octanol–water partition coefficient (Wildman–Crippen LogP) is 4.25. The Morgan fingerprint density at radius 3 is 2.71 bits per heavy atom. The van der Waals surface area contributed by atoms with Gasteiger partial charge in [-0.2, -0.15) is 5.26 Å². The summed E-state index contributed by atoms with van der Waals surface area (Å²) < 4.78 is 5.38. The van der Waals surface area contributed by atoms with Crippen LogP contribution in [0.15, 0.2) is 42.2 Å². The zero-order chi connectivity index (χ0) is 15.1. The molecule has 3 heteroatoms. The second-order valence-corrected chi connectivity index (χ2v) is 5.51. The van der Waals surface area contributed by atoms with Gasteiger partial charge in [0.2, 0.25) is 0 Å². The number of nitrogens with zero attached hydrogens (tertiary/aromatic N) is 1. The summed E-state index contributed by atoms with van der Waals surface area (Å²) in [6.07, 6.45) is 6.15. The quantitative estimate of drug-likeness (QED) is 0.759. The summed E-state index contributed by atoms with van der Waals surface area (Å²) in [7, 11) is 0. The van der Waals surface area contributed by atoms with Crippen molar-refractivity contribution in [3.05, 3.63) is 47.7 Å². The second kappa shape index (κ2) is 7.08. The maximum Gasteiger partial charge on any atom is 0.310 e. The molecule has 0 saturated carbocycles. The molecule has 1 aliphatic carbocycles. The topological polar surface area (TPSA) is 50.1 Å². The van der Waals surface area contributed by atoms with Gasteiger partial charge in [-0.3, -0.25) is 4.79 Å². The molecule has 21 heavy (non-hydrogen) atoms. The van der Waals surface area contributed by atoms with Crippen LogP contribution in [0.3, 0.4) is 0 Å². The van der Waals surface area contributed by atoms with Gasteiger partial charge in [-0.25, -0.2) is 0 Å². The summed E-state index contributed by atoms with van der Waals surface area (Å²) >= 11 is 0. The zero-order valence-electron chi connectivity index (χ0n) is 12.5. The summed E-state index contributed by atoms with van der Waals surface area (Å²) in [6, 6.07) is 12.3. The number of rotatable bonds is 5. The van der Waals surface area contributed by atoms with Gasteiger partial charge in [0.25, 0.3) is 0 Å². The van der Waals surface area contributed by atoms with E-state index in [0.717, 1.165) is 24.2 Å². The summed E-state index contributed by atoms with van der Waals surface area (Å²) in [4.78, 5) is 11.6. The van der Waals surface area contributed by atoms with E-state index in [1.54, 1.807) is 0 Å². The van der Waals surface area contributed by atoms with Crippen molar-refractivity contribution < 1.29 is 9.53 Å². The van der Waals surface area contributed by atoms with Crippen LogP contribution in [0.4, 0.5) is 0 Å². The molecule has 0 N–H and O–H groups in total. The molecule has 0 amide bonds. The van der Waals surface area contributed by atoms with E-state index >= 15 is 0 Å². The Labute approximate surface area is 126 Å². The van der Waals surface area contributed by atoms with Crippen molar-refractivity contribution in [1.82, 2.24) is 0 Å². The Hall–Kier alpha value is -2.08. The molecule has 0 unspecified atom stereocenters. The van der Waals surface area contributed by atoms with Crippen LogP contribution in [-0.2, 0) is 14.9 Å². The normalized spacial score (nSPS) is 21.2. The standard InChI is InChI=1S/C18H21NO2/c1-2-3-9-17(20)21-16-10-12-18(14-19,13-11-16)15-7-5-4-6-8-15/h4-8,10H,2-3,9,11-13H2,1H3/t18-/m0/s1. The first kappa shape index (κ1) is 15.3. The molecule has 3 nitrogen and oxygen atoms in total. The molecule has 1 aliphatic rings. The van der Waals surface area contributed by atoms with Gasteiger partial charge in [-0.15, -0.1) is 0 Å². The van der Waals surface area contributed by atoms with Crippen LogP contribution < -0.4 is 0 Å². The molecule has 0 radical (unpaired) electrons. The molecular weight excluding hydrogens is 262 g/mol. The first-order valence-corrected chi connectivity index (χ1v) is 7.56. The van der Waals surface area contributed by atoms with Crippen molar-refractivity contribution in [1.29, 1.82) is 5.26 Å². The van der Waals surface area contributed by atoms with Crippen molar-refractivity contribution in [2.45, 2.75) is 50.9 Å². The number of esters is 1. The van der Waals surface area contributed by atoms with Crippen LogP contribution >= 0.6 is 0 Å². The van der Waals surface area contributed by atoms with E-state index in [4.69, 9.17) is 4.74 Å². The third kappa shape index (κ3) is 3.72. The first-order valence-electron chi connectivity index (χ1n) is 7.56. The lowest BCUT2D eigenvalue weighted by molar-refractivity contribution is -0.140. The molecule has 0 spiro atoms. The fourth-order valence-corrected chi connectivity index (χ4v) is 2.63. The largest absolute Gasteiger partial charge is 0.431 e. The molecule has 0 heterocycles. The average Bonchev–Trinajstić information content (AvgIpc) is 2.55. The third-order valence-electron chi connectivity index (χ3n) is 4.00. The van der Waals surface area contributed by atoms with E-state index in [2.05, 4.69) is 6.07 Å². The Bertz CT molecular complexity index is 556. The Balaban J connectivity index is 2.03. The minimum Gasteiger partial charge on any atom is -0.431 e. The summed E-state index contributed by atoms with van der Waals surface area (Å²) in [5.41, 5.74) is 0.556. The summed E-state index contributed by atoms with van der Waals surface area (Å²) in [5, 5.41) is 9.59. The minimum absolute atomic E-state index is 0.160. The van der Waals surface area contributed by atoms with Crippen molar-refractivity contribution in [3.63, 3.8) is 0 Å². The molecule has 0 bridgehead atoms. The number of hydrogen-bond donors (Lipinski definition) is 0. The number of nitriles is 1. The lowest BCUT2D eigenvalue weighted by Gasteiger charge is -2.30. The van der Waals surface area contributed by atoms with Crippen LogP contribution in [0.1, 0.15) is 51.0 Å². The van der Waals surface area contributed by atoms with Gasteiger partial charge in [0.05, 0.1) is 11.5 Å². The molecule has 0 aliphatic heterocycles. The smallest absolute Gasteiger partial charge is 0.310 e. The maximum atomic E-state index is 11.6. The summed E-state index contributed by atoms with van der Waals surface area (Å²) in [5.74, 6) is 0.560. The van der Waals surface area contributed by atoms with E-state index in [0.29, 0.717) is 25.7 Å². The third-order valence-corrected chi connectivity index (χ3v) is 4.00. The molecule has 2 rings (SSSR count). The zero-order valence-corrected chi connectivity index (χ0v) is 12.5. The molecule has 0 saturated heterocycles. The lowest BCUT2D eigenvalue weighted by Crippen LogP contribution is -2.27. The monoisotopic (exact) mass is 283 g/mol. The Morgan fingerprint density at radius 2 is 2.14 bits per heavy atom. The van der Waals surface area contributed by atoms with Gasteiger partial charge in [0.1, 0.15) is 5.76 Å². The number of benzene rings is 1. The van der Waals surface area contributed by atoms with Crippen LogP contribution in [0.2, 0.25) is 0 Å². The molecule has 0 fully saturated rings. The van der Waals surface area contributed by atoms with Crippen LogP contribution in [-0.4, -0.2) is 5.97 Å². The van der Waals surface area contributed by atoms with E-state index in [1.807, 2.05) is 43.3 Å². The maximum absolute atomic E-state index is 11.6. The number of unbranched alkanes of at least 4 members (excludes halogenated alkanes) is 1. The van der Waals surface area contributed by atoms with Crippen LogP contribution in [0.5, 0.6) is 0 Å². The molecule has 110 valence electrons. The van der Waals surface area contributed by atoms with Crippen molar-refractivity contribution in [2.24, 2.45) is 0 Å². The number of carbonyl (C=O) groups excluding carboxylic acids is 1. The number of ether oxygens (including phenoxy) is 1. The molecule has 1 atom stereocenters. The van der Waals surface area contributed by atoms with Gasteiger partial charge in [-0.05, 0) is 30.9 Å². The van der Waals surface area contributed by atoms with Crippen LogP contribution in [0.25, 0.3) is 0 Å². The van der Waals surface area contributed by atoms with Gasteiger partial charge in [0.15, 0.2) is 0 Å². The van der Waals surface area contributed by atoms with Crippen molar-refractivity contribution in [3.8, 4) is 6.07 Å². The van der Waals surface area contributed by atoms with Gasteiger partial charge in [-0.1, -0.05) is 43.7 Å². The van der Waals surface area contributed by atoms with E-state index in [1.165, 1.54) is 0 Å². The van der Waals surface area contributed by atoms with E-state index in [9.17, 15) is 10.1 Å². The SMILES string of the molecule is CCCCC(=O)OC1=CC[C@](C#N)(c2ccccc2)CC1. The van der Waals surface area contributed by atoms with Crippen molar-refractivity contribution in [2.75, 3.05) is 0 Å². The average molecular weight is 283 g/mol.